The van der Waals surface area contributed by atoms with Gasteiger partial charge in [0.05, 0.1) is 5.59 Å². The Morgan fingerprint density at radius 2 is 2.23 bits per heavy atom. The minimum atomic E-state index is -1.46. The monoisotopic (exact) mass is 182 g/mol. The molecule has 0 saturated carbocycles. The Labute approximate surface area is 78.3 Å². The summed E-state index contributed by atoms with van der Waals surface area (Å²) in [5.74, 6) is 0.631. The van der Waals surface area contributed by atoms with Crippen LogP contribution in [-0.4, -0.2) is 26.9 Å². The molecule has 13 heavy (non-hydrogen) atoms. The van der Waals surface area contributed by atoms with Gasteiger partial charge in [0.2, 0.25) is 0 Å². The first-order valence-electron chi connectivity index (χ1n) is 4.49. The maximum atomic E-state index is 8.79. The summed E-state index contributed by atoms with van der Waals surface area (Å²) < 4.78 is 1.73. The Bertz CT molecular complexity index is 260. The molecule has 1 rings (SSSR count). The second-order valence-corrected chi connectivity index (χ2v) is 3.56. The van der Waals surface area contributed by atoms with Gasteiger partial charge < -0.3 is 10.0 Å². The Kier molecular flexibility index (Phi) is 3.51. The van der Waals surface area contributed by atoms with Crippen molar-refractivity contribution in [2.24, 2.45) is 5.92 Å². The molecule has 2 N–H and O–H groups in total. The van der Waals surface area contributed by atoms with Gasteiger partial charge in [-0.25, -0.2) is 0 Å². The van der Waals surface area contributed by atoms with Crippen molar-refractivity contribution in [3.8, 4) is 0 Å². The van der Waals surface area contributed by atoms with Crippen LogP contribution < -0.4 is 5.59 Å². The van der Waals surface area contributed by atoms with Crippen molar-refractivity contribution >= 4 is 12.7 Å². The molecule has 0 aromatic carbocycles. The topological polar surface area (TPSA) is 58.3 Å². The fourth-order valence-corrected chi connectivity index (χ4v) is 1.03. The van der Waals surface area contributed by atoms with E-state index >= 15 is 0 Å². The molecular weight excluding hydrogens is 167 g/mol. The molecular formula is C8H15BN2O2. The molecule has 0 fully saturated rings. The van der Waals surface area contributed by atoms with Crippen LogP contribution in [0.5, 0.6) is 0 Å². The van der Waals surface area contributed by atoms with Crippen LogP contribution in [0.3, 0.4) is 0 Å². The molecule has 1 aromatic rings. The van der Waals surface area contributed by atoms with Crippen LogP contribution in [0.1, 0.15) is 20.3 Å². The highest BCUT2D eigenvalue weighted by atomic mass is 16.4. The summed E-state index contributed by atoms with van der Waals surface area (Å²) >= 11 is 0. The molecule has 0 atom stereocenters. The van der Waals surface area contributed by atoms with Gasteiger partial charge in [0.25, 0.3) is 0 Å². The van der Waals surface area contributed by atoms with Crippen molar-refractivity contribution < 1.29 is 10.0 Å². The molecule has 72 valence electrons. The summed E-state index contributed by atoms with van der Waals surface area (Å²) in [6.07, 6.45) is 2.81. The SMILES string of the molecule is CC(C)CCn1ccc(B(O)O)n1. The lowest BCUT2D eigenvalue weighted by atomic mass is 9.87. The van der Waals surface area contributed by atoms with Gasteiger partial charge >= 0.3 is 7.12 Å². The zero-order chi connectivity index (χ0) is 9.84. The second kappa shape index (κ2) is 4.44. The predicted octanol–water partition coefficient (Wildman–Crippen LogP) is -0.391. The quantitative estimate of drug-likeness (QED) is 0.623. The van der Waals surface area contributed by atoms with Gasteiger partial charge in [-0.05, 0) is 18.4 Å². The summed E-state index contributed by atoms with van der Waals surface area (Å²) in [7, 11) is -1.46. The summed E-state index contributed by atoms with van der Waals surface area (Å²) in [5, 5.41) is 21.6. The molecule has 0 aliphatic heterocycles. The van der Waals surface area contributed by atoms with Gasteiger partial charge in [-0.2, -0.15) is 5.10 Å². The lowest BCUT2D eigenvalue weighted by Gasteiger charge is -2.03. The van der Waals surface area contributed by atoms with Gasteiger partial charge in [-0.1, -0.05) is 13.8 Å². The van der Waals surface area contributed by atoms with E-state index in [0.29, 0.717) is 11.5 Å². The van der Waals surface area contributed by atoms with Crippen molar-refractivity contribution in [3.63, 3.8) is 0 Å². The third-order valence-electron chi connectivity index (χ3n) is 1.86. The van der Waals surface area contributed by atoms with Crippen LogP contribution in [0.25, 0.3) is 0 Å². The van der Waals surface area contributed by atoms with Gasteiger partial charge in [0, 0.05) is 12.7 Å². The summed E-state index contributed by atoms with van der Waals surface area (Å²) in [6, 6.07) is 1.62. The Balaban J connectivity index is 2.49. The number of nitrogens with zero attached hydrogens (tertiary/aromatic N) is 2. The number of hydrogen-bond donors (Lipinski definition) is 2. The summed E-state index contributed by atoms with van der Waals surface area (Å²) in [5.41, 5.74) is 0.309. The largest absolute Gasteiger partial charge is 0.510 e. The molecule has 0 saturated heterocycles. The van der Waals surface area contributed by atoms with E-state index in [0.717, 1.165) is 13.0 Å². The molecule has 4 nitrogen and oxygen atoms in total. The van der Waals surface area contributed by atoms with Crippen molar-refractivity contribution in [3.05, 3.63) is 12.3 Å². The van der Waals surface area contributed by atoms with Crippen molar-refractivity contribution in [2.75, 3.05) is 0 Å². The molecule has 0 spiro atoms. The number of aromatic nitrogens is 2. The van der Waals surface area contributed by atoms with Crippen molar-refractivity contribution in [2.45, 2.75) is 26.8 Å². The zero-order valence-corrected chi connectivity index (χ0v) is 8.01. The maximum Gasteiger partial charge on any atom is 0.510 e. The Morgan fingerprint density at radius 3 is 2.69 bits per heavy atom. The van der Waals surface area contributed by atoms with Gasteiger partial charge in [0.1, 0.15) is 0 Å². The van der Waals surface area contributed by atoms with Crippen LogP contribution in [0.2, 0.25) is 0 Å². The van der Waals surface area contributed by atoms with Crippen LogP contribution in [0.15, 0.2) is 12.3 Å². The van der Waals surface area contributed by atoms with Crippen LogP contribution in [-0.2, 0) is 6.54 Å². The smallest absolute Gasteiger partial charge is 0.422 e. The lowest BCUT2D eigenvalue weighted by molar-refractivity contribution is 0.422. The van der Waals surface area contributed by atoms with E-state index in [9.17, 15) is 0 Å². The van der Waals surface area contributed by atoms with Crippen molar-refractivity contribution in [1.29, 1.82) is 0 Å². The van der Waals surface area contributed by atoms with Gasteiger partial charge in [-0.3, -0.25) is 4.68 Å². The Morgan fingerprint density at radius 1 is 1.54 bits per heavy atom. The molecule has 0 unspecified atom stereocenters. The third kappa shape index (κ3) is 3.20. The van der Waals surface area contributed by atoms with E-state index in [-0.39, 0.29) is 0 Å². The van der Waals surface area contributed by atoms with E-state index in [2.05, 4.69) is 18.9 Å². The normalized spacial score (nSPS) is 10.8. The van der Waals surface area contributed by atoms with Gasteiger partial charge in [0.15, 0.2) is 0 Å². The van der Waals surface area contributed by atoms with Gasteiger partial charge in [-0.15, -0.1) is 0 Å². The predicted molar refractivity (Wildman–Crippen MR) is 51.5 cm³/mol. The van der Waals surface area contributed by atoms with Crippen LogP contribution in [0, 0.1) is 5.92 Å². The van der Waals surface area contributed by atoms with Crippen LogP contribution >= 0.6 is 0 Å². The van der Waals surface area contributed by atoms with E-state index in [1.54, 1.807) is 16.9 Å². The van der Waals surface area contributed by atoms with Crippen LogP contribution in [0.4, 0.5) is 0 Å². The molecule has 0 amide bonds. The number of hydrogen-bond acceptors (Lipinski definition) is 3. The fourth-order valence-electron chi connectivity index (χ4n) is 1.03. The van der Waals surface area contributed by atoms with E-state index in [4.69, 9.17) is 10.0 Å². The first-order chi connectivity index (χ1) is 6.09. The van der Waals surface area contributed by atoms with E-state index in [1.807, 2.05) is 0 Å². The molecule has 0 aliphatic rings. The average molecular weight is 182 g/mol. The number of aryl methyl sites for hydroxylation is 1. The fraction of sp³-hybridized carbons (Fsp3) is 0.625. The number of rotatable bonds is 4. The first-order valence-corrected chi connectivity index (χ1v) is 4.49. The highest BCUT2D eigenvalue weighted by molar-refractivity contribution is 6.57. The maximum absolute atomic E-state index is 8.79. The minimum Gasteiger partial charge on any atom is -0.422 e. The van der Waals surface area contributed by atoms with E-state index < -0.39 is 7.12 Å². The Hall–Kier alpha value is -0.805. The molecule has 1 aromatic heterocycles. The average Bonchev–Trinajstić information content (AvgIpc) is 2.48. The molecule has 0 radical (unpaired) electrons. The molecule has 1 heterocycles. The molecule has 0 bridgehead atoms. The highest BCUT2D eigenvalue weighted by Crippen LogP contribution is 2.00. The second-order valence-electron chi connectivity index (χ2n) is 3.56. The highest BCUT2D eigenvalue weighted by Gasteiger charge is 2.13. The third-order valence-corrected chi connectivity index (χ3v) is 1.86. The summed E-state index contributed by atoms with van der Waals surface area (Å²) in [4.78, 5) is 0. The van der Waals surface area contributed by atoms with E-state index in [1.165, 1.54) is 0 Å². The standard InChI is InChI=1S/C8H15BN2O2/c1-7(2)3-5-11-6-4-8(10-11)9(12)13/h4,6-7,12-13H,3,5H2,1-2H3. The molecule has 5 heteroatoms. The summed E-state index contributed by atoms with van der Waals surface area (Å²) in [6.45, 7) is 5.11. The molecule has 0 aliphatic carbocycles. The first kappa shape index (κ1) is 10.3. The minimum absolute atomic E-state index is 0.309. The lowest BCUT2D eigenvalue weighted by Crippen LogP contribution is -2.31. The zero-order valence-electron chi connectivity index (χ0n) is 8.01. The van der Waals surface area contributed by atoms with Crippen molar-refractivity contribution in [1.82, 2.24) is 9.78 Å².